The Labute approximate surface area is 108 Å². The fourth-order valence-corrected chi connectivity index (χ4v) is 1.49. The highest BCUT2D eigenvalue weighted by Crippen LogP contribution is 2.15. The highest BCUT2D eigenvalue weighted by molar-refractivity contribution is 5.37. The first-order chi connectivity index (χ1) is 8.74. The van der Waals surface area contributed by atoms with Crippen LogP contribution in [0.5, 0.6) is 6.01 Å². The van der Waals surface area contributed by atoms with E-state index in [1.807, 2.05) is 6.92 Å². The summed E-state index contributed by atoms with van der Waals surface area (Å²) in [7, 11) is 0. The summed E-state index contributed by atoms with van der Waals surface area (Å²) in [5.41, 5.74) is 2.43. The molecule has 7 heteroatoms. The summed E-state index contributed by atoms with van der Waals surface area (Å²) < 4.78 is 5.30. The Morgan fingerprint density at radius 1 is 1.22 bits per heavy atom. The molecule has 7 nitrogen and oxygen atoms in total. The molecule has 0 saturated heterocycles. The number of anilines is 2. The van der Waals surface area contributed by atoms with Crippen LogP contribution >= 0.6 is 0 Å². The first-order valence-electron chi connectivity index (χ1n) is 6.35. The van der Waals surface area contributed by atoms with E-state index in [4.69, 9.17) is 10.6 Å². The van der Waals surface area contributed by atoms with Crippen molar-refractivity contribution < 1.29 is 4.74 Å². The van der Waals surface area contributed by atoms with Crippen LogP contribution in [0.4, 0.5) is 11.9 Å². The summed E-state index contributed by atoms with van der Waals surface area (Å²) in [6.45, 7) is 8.35. The molecule has 3 N–H and O–H groups in total. The van der Waals surface area contributed by atoms with Gasteiger partial charge in [0.25, 0.3) is 0 Å². The molecule has 0 aliphatic heterocycles. The monoisotopic (exact) mass is 254 g/mol. The Kier molecular flexibility index (Phi) is 6.13. The number of hydrogen-bond donors (Lipinski definition) is 2. The Morgan fingerprint density at radius 2 is 2.00 bits per heavy atom. The SMILES string of the molecule is CCCCN(CC)c1nc(NN)nc(OCC)n1. The van der Waals surface area contributed by atoms with Gasteiger partial charge in [-0.2, -0.15) is 15.0 Å². The van der Waals surface area contributed by atoms with Gasteiger partial charge in [0, 0.05) is 13.1 Å². The highest BCUT2D eigenvalue weighted by atomic mass is 16.5. The van der Waals surface area contributed by atoms with E-state index < -0.39 is 0 Å². The number of nitrogens with one attached hydrogen (secondary N) is 1. The Balaban J connectivity index is 2.93. The maximum absolute atomic E-state index is 5.35. The molecule has 0 amide bonds. The Hall–Kier alpha value is -1.63. The standard InChI is InChI=1S/C11H22N6O/c1-4-7-8-17(5-2)10-13-9(16-12)14-11(15-10)18-6-3/h4-8,12H2,1-3H3,(H,13,14,15,16). The number of ether oxygens (including phenoxy) is 1. The fourth-order valence-electron chi connectivity index (χ4n) is 1.49. The van der Waals surface area contributed by atoms with Crippen LogP contribution in [0.2, 0.25) is 0 Å². The van der Waals surface area contributed by atoms with E-state index in [-0.39, 0.29) is 0 Å². The zero-order valence-corrected chi connectivity index (χ0v) is 11.3. The number of hydrogen-bond acceptors (Lipinski definition) is 7. The first kappa shape index (κ1) is 14.4. The molecule has 0 aromatic carbocycles. The number of hydrazine groups is 1. The lowest BCUT2D eigenvalue weighted by molar-refractivity contribution is 0.312. The van der Waals surface area contributed by atoms with E-state index in [2.05, 4.69) is 39.1 Å². The van der Waals surface area contributed by atoms with Crippen molar-refractivity contribution in [2.45, 2.75) is 33.6 Å². The van der Waals surface area contributed by atoms with Crippen LogP contribution in [0.25, 0.3) is 0 Å². The molecule has 0 aliphatic rings. The van der Waals surface area contributed by atoms with Crippen LogP contribution in [0, 0.1) is 0 Å². The van der Waals surface area contributed by atoms with Gasteiger partial charge in [-0.3, -0.25) is 5.43 Å². The van der Waals surface area contributed by atoms with Crippen molar-refractivity contribution in [3.8, 4) is 6.01 Å². The summed E-state index contributed by atoms with van der Waals surface area (Å²) in [5.74, 6) is 6.26. The number of aromatic nitrogens is 3. The van der Waals surface area contributed by atoms with Gasteiger partial charge >= 0.3 is 6.01 Å². The molecular weight excluding hydrogens is 232 g/mol. The van der Waals surface area contributed by atoms with Crippen LogP contribution in [0.1, 0.15) is 33.6 Å². The molecule has 0 fully saturated rings. The van der Waals surface area contributed by atoms with Gasteiger partial charge in [0.1, 0.15) is 0 Å². The van der Waals surface area contributed by atoms with Crippen molar-refractivity contribution in [1.82, 2.24) is 15.0 Å². The van der Waals surface area contributed by atoms with Crippen molar-refractivity contribution in [2.75, 3.05) is 30.0 Å². The fraction of sp³-hybridized carbons (Fsp3) is 0.727. The van der Waals surface area contributed by atoms with Gasteiger partial charge in [-0.25, -0.2) is 5.84 Å². The molecule has 1 heterocycles. The zero-order valence-electron chi connectivity index (χ0n) is 11.3. The van der Waals surface area contributed by atoms with E-state index in [0.29, 0.717) is 24.5 Å². The minimum Gasteiger partial charge on any atom is -0.464 e. The number of nitrogen functional groups attached to an aromatic ring is 1. The average Bonchev–Trinajstić information content (AvgIpc) is 2.39. The lowest BCUT2D eigenvalue weighted by Crippen LogP contribution is -2.27. The van der Waals surface area contributed by atoms with Crippen LogP contribution in [-0.4, -0.2) is 34.6 Å². The third kappa shape index (κ3) is 3.99. The molecule has 1 aromatic rings. The molecule has 0 spiro atoms. The smallest absolute Gasteiger partial charge is 0.323 e. The van der Waals surface area contributed by atoms with Gasteiger partial charge in [0.15, 0.2) is 0 Å². The average molecular weight is 254 g/mol. The molecule has 102 valence electrons. The molecular formula is C11H22N6O. The van der Waals surface area contributed by atoms with E-state index in [0.717, 1.165) is 25.9 Å². The minimum atomic E-state index is 0.297. The quantitative estimate of drug-likeness (QED) is 0.532. The van der Waals surface area contributed by atoms with E-state index in [9.17, 15) is 0 Å². The van der Waals surface area contributed by atoms with Gasteiger partial charge in [0.2, 0.25) is 11.9 Å². The highest BCUT2D eigenvalue weighted by Gasteiger charge is 2.12. The number of rotatable bonds is 8. The molecule has 0 aliphatic carbocycles. The molecule has 0 radical (unpaired) electrons. The minimum absolute atomic E-state index is 0.297. The van der Waals surface area contributed by atoms with Crippen LogP contribution in [0.15, 0.2) is 0 Å². The lowest BCUT2D eigenvalue weighted by Gasteiger charge is -2.20. The van der Waals surface area contributed by atoms with Crippen molar-refractivity contribution in [3.63, 3.8) is 0 Å². The summed E-state index contributed by atoms with van der Waals surface area (Å²) >= 11 is 0. The normalized spacial score (nSPS) is 10.2. The summed E-state index contributed by atoms with van der Waals surface area (Å²) in [6, 6.07) is 0.297. The third-order valence-electron chi connectivity index (χ3n) is 2.45. The van der Waals surface area contributed by atoms with Crippen molar-refractivity contribution in [3.05, 3.63) is 0 Å². The lowest BCUT2D eigenvalue weighted by atomic mass is 10.3. The summed E-state index contributed by atoms with van der Waals surface area (Å²) in [5, 5.41) is 0. The van der Waals surface area contributed by atoms with Gasteiger partial charge in [-0.05, 0) is 20.3 Å². The van der Waals surface area contributed by atoms with Gasteiger partial charge in [-0.15, -0.1) is 0 Å². The van der Waals surface area contributed by atoms with Crippen molar-refractivity contribution in [1.29, 1.82) is 0 Å². The molecule has 18 heavy (non-hydrogen) atoms. The van der Waals surface area contributed by atoms with Crippen LogP contribution in [0.3, 0.4) is 0 Å². The Morgan fingerprint density at radius 3 is 2.56 bits per heavy atom. The largest absolute Gasteiger partial charge is 0.464 e. The zero-order chi connectivity index (χ0) is 13.4. The van der Waals surface area contributed by atoms with E-state index in [1.54, 1.807) is 0 Å². The second-order valence-corrected chi connectivity index (χ2v) is 3.75. The van der Waals surface area contributed by atoms with Crippen molar-refractivity contribution in [2.24, 2.45) is 5.84 Å². The molecule has 0 atom stereocenters. The summed E-state index contributed by atoms with van der Waals surface area (Å²) in [6.07, 6.45) is 2.22. The predicted octanol–water partition coefficient (Wildman–Crippen LogP) is 1.18. The van der Waals surface area contributed by atoms with E-state index in [1.165, 1.54) is 0 Å². The molecule has 0 bridgehead atoms. The molecule has 1 rings (SSSR count). The molecule has 0 saturated carbocycles. The number of nitrogens with two attached hydrogens (primary N) is 1. The molecule has 0 unspecified atom stereocenters. The topological polar surface area (TPSA) is 89.2 Å². The van der Waals surface area contributed by atoms with Gasteiger partial charge in [-0.1, -0.05) is 13.3 Å². The van der Waals surface area contributed by atoms with Gasteiger partial charge in [0.05, 0.1) is 6.61 Å². The maximum Gasteiger partial charge on any atom is 0.323 e. The maximum atomic E-state index is 5.35. The second-order valence-electron chi connectivity index (χ2n) is 3.75. The van der Waals surface area contributed by atoms with E-state index >= 15 is 0 Å². The first-order valence-corrected chi connectivity index (χ1v) is 6.35. The Bertz CT molecular complexity index is 359. The van der Waals surface area contributed by atoms with Crippen LogP contribution < -0.4 is 20.9 Å². The van der Waals surface area contributed by atoms with Gasteiger partial charge < -0.3 is 9.64 Å². The second kappa shape index (κ2) is 7.65. The van der Waals surface area contributed by atoms with Crippen molar-refractivity contribution >= 4 is 11.9 Å². The molecule has 1 aromatic heterocycles. The third-order valence-corrected chi connectivity index (χ3v) is 2.45. The van der Waals surface area contributed by atoms with Crippen LogP contribution in [-0.2, 0) is 0 Å². The predicted molar refractivity (Wildman–Crippen MR) is 71.6 cm³/mol. The number of nitrogens with zero attached hydrogens (tertiary/aromatic N) is 4. The summed E-state index contributed by atoms with van der Waals surface area (Å²) in [4.78, 5) is 14.6. The number of unbranched alkanes of at least 4 members (excludes halogenated alkanes) is 1.